The van der Waals surface area contributed by atoms with Crippen LogP contribution in [0.3, 0.4) is 0 Å². The number of carbonyl (C=O) groups excluding carboxylic acids is 1. The van der Waals surface area contributed by atoms with Gasteiger partial charge in [0, 0.05) is 5.02 Å². The Balaban J connectivity index is 1.67. The standard InChI is InChI=1S/C18H16ClN5O5S/c1-28-11-4-5-13(14(8-11)24(26)27)20-16(25)9-30-18-21-17(22-23-18)12-7-10(19)3-6-15(12)29-2/h3-8H,9H2,1-2H3,(H,20,25)(H,21,22,23). The fraction of sp³-hybridized carbons (Fsp3) is 0.167. The Morgan fingerprint density at radius 3 is 2.77 bits per heavy atom. The van der Waals surface area contributed by atoms with E-state index in [0.29, 0.717) is 33.1 Å². The Kier molecular flexibility index (Phi) is 6.75. The summed E-state index contributed by atoms with van der Waals surface area (Å²) in [6.45, 7) is 0. The molecule has 156 valence electrons. The number of H-pyrrole nitrogens is 1. The SMILES string of the molecule is COc1ccc(NC(=O)CSc2n[nH]c(-c3cc(Cl)ccc3OC)n2)c([N+](=O)[O-])c1. The first kappa shape index (κ1) is 21.4. The smallest absolute Gasteiger partial charge is 0.296 e. The highest BCUT2D eigenvalue weighted by Gasteiger charge is 2.18. The predicted molar refractivity (Wildman–Crippen MR) is 112 cm³/mol. The Hall–Kier alpha value is -3.31. The third-order valence-corrected chi connectivity index (χ3v) is 4.97. The summed E-state index contributed by atoms with van der Waals surface area (Å²) in [5.74, 6) is 0.825. The van der Waals surface area contributed by atoms with Crippen LogP contribution in [0.4, 0.5) is 11.4 Å². The first-order chi connectivity index (χ1) is 14.4. The lowest BCUT2D eigenvalue weighted by atomic mass is 10.2. The Morgan fingerprint density at radius 2 is 2.07 bits per heavy atom. The number of aromatic nitrogens is 3. The Bertz CT molecular complexity index is 1090. The van der Waals surface area contributed by atoms with E-state index in [4.69, 9.17) is 21.1 Å². The molecule has 0 unspecified atom stereocenters. The molecule has 0 aliphatic carbocycles. The van der Waals surface area contributed by atoms with Gasteiger partial charge in [-0.15, -0.1) is 5.10 Å². The second-order valence-electron chi connectivity index (χ2n) is 5.79. The molecule has 3 rings (SSSR count). The van der Waals surface area contributed by atoms with Crippen LogP contribution in [0.25, 0.3) is 11.4 Å². The second-order valence-corrected chi connectivity index (χ2v) is 7.17. The fourth-order valence-electron chi connectivity index (χ4n) is 2.51. The molecule has 2 N–H and O–H groups in total. The van der Waals surface area contributed by atoms with Crippen molar-refractivity contribution in [2.24, 2.45) is 0 Å². The lowest BCUT2D eigenvalue weighted by Gasteiger charge is -2.07. The zero-order valence-corrected chi connectivity index (χ0v) is 17.4. The molecule has 0 aliphatic heterocycles. The van der Waals surface area contributed by atoms with Crippen molar-refractivity contribution in [1.82, 2.24) is 15.2 Å². The van der Waals surface area contributed by atoms with Crippen LogP contribution in [0.1, 0.15) is 0 Å². The highest BCUT2D eigenvalue weighted by atomic mass is 35.5. The van der Waals surface area contributed by atoms with Crippen LogP contribution in [-0.2, 0) is 4.79 Å². The largest absolute Gasteiger partial charge is 0.496 e. The van der Waals surface area contributed by atoms with Gasteiger partial charge in [-0.1, -0.05) is 23.4 Å². The van der Waals surface area contributed by atoms with Gasteiger partial charge in [-0.2, -0.15) is 0 Å². The summed E-state index contributed by atoms with van der Waals surface area (Å²) in [5.41, 5.74) is 0.439. The number of benzene rings is 2. The van der Waals surface area contributed by atoms with Gasteiger partial charge in [0.25, 0.3) is 5.69 Å². The van der Waals surface area contributed by atoms with E-state index in [1.54, 1.807) is 18.2 Å². The van der Waals surface area contributed by atoms with E-state index < -0.39 is 10.8 Å². The van der Waals surface area contributed by atoms with Crippen LogP contribution in [-0.4, -0.2) is 46.0 Å². The molecule has 0 radical (unpaired) electrons. The third kappa shape index (κ3) is 4.99. The van der Waals surface area contributed by atoms with Crippen molar-refractivity contribution < 1.29 is 19.2 Å². The van der Waals surface area contributed by atoms with E-state index in [9.17, 15) is 14.9 Å². The molecule has 1 heterocycles. The van der Waals surface area contributed by atoms with Gasteiger partial charge < -0.3 is 14.8 Å². The molecule has 1 aromatic heterocycles. The first-order valence-corrected chi connectivity index (χ1v) is 9.79. The van der Waals surface area contributed by atoms with Gasteiger partial charge >= 0.3 is 0 Å². The van der Waals surface area contributed by atoms with Crippen LogP contribution in [0, 0.1) is 10.1 Å². The van der Waals surface area contributed by atoms with Crippen molar-refractivity contribution in [3.8, 4) is 22.9 Å². The van der Waals surface area contributed by atoms with Crippen LogP contribution in [0.2, 0.25) is 5.02 Å². The van der Waals surface area contributed by atoms with Crippen molar-refractivity contribution in [3.63, 3.8) is 0 Å². The van der Waals surface area contributed by atoms with Crippen molar-refractivity contribution in [2.45, 2.75) is 5.16 Å². The van der Waals surface area contributed by atoms with Crippen LogP contribution in [0.15, 0.2) is 41.6 Å². The number of anilines is 1. The summed E-state index contributed by atoms with van der Waals surface area (Å²) in [5, 5.41) is 21.4. The molecule has 0 bridgehead atoms. The minimum atomic E-state index is -0.592. The normalized spacial score (nSPS) is 10.5. The number of hydrogen-bond acceptors (Lipinski definition) is 8. The number of methoxy groups -OCH3 is 2. The van der Waals surface area contributed by atoms with Gasteiger partial charge in [0.1, 0.15) is 17.2 Å². The number of hydrogen-bond donors (Lipinski definition) is 2. The van der Waals surface area contributed by atoms with Gasteiger partial charge in [0.05, 0.1) is 36.5 Å². The van der Waals surface area contributed by atoms with E-state index >= 15 is 0 Å². The molecule has 12 heteroatoms. The van der Waals surface area contributed by atoms with Crippen LogP contribution >= 0.6 is 23.4 Å². The van der Waals surface area contributed by atoms with E-state index in [1.807, 2.05) is 0 Å². The number of nitrogens with one attached hydrogen (secondary N) is 2. The quantitative estimate of drug-likeness (QED) is 0.301. The van der Waals surface area contributed by atoms with E-state index in [1.165, 1.54) is 32.4 Å². The van der Waals surface area contributed by atoms with Crippen molar-refractivity contribution >= 4 is 40.6 Å². The van der Waals surface area contributed by atoms with Crippen molar-refractivity contribution in [3.05, 3.63) is 51.5 Å². The maximum Gasteiger partial charge on any atom is 0.296 e. The number of nitro groups is 1. The zero-order chi connectivity index (χ0) is 21.7. The highest BCUT2D eigenvalue weighted by Crippen LogP contribution is 2.32. The average Bonchev–Trinajstić information content (AvgIpc) is 3.21. The number of halogens is 1. The third-order valence-electron chi connectivity index (χ3n) is 3.89. The summed E-state index contributed by atoms with van der Waals surface area (Å²) in [7, 11) is 2.93. The van der Waals surface area contributed by atoms with E-state index in [2.05, 4.69) is 20.5 Å². The molecule has 0 saturated carbocycles. The van der Waals surface area contributed by atoms with Crippen LogP contribution in [0.5, 0.6) is 11.5 Å². The second kappa shape index (κ2) is 9.46. The maximum atomic E-state index is 12.2. The number of thioether (sulfide) groups is 1. The minimum Gasteiger partial charge on any atom is -0.496 e. The Labute approximate surface area is 180 Å². The number of nitro benzene ring substituents is 1. The topological polar surface area (TPSA) is 132 Å². The number of aromatic amines is 1. The molecule has 0 saturated heterocycles. The summed E-state index contributed by atoms with van der Waals surface area (Å²) >= 11 is 7.10. The van der Waals surface area contributed by atoms with Gasteiger partial charge in [0.15, 0.2) is 5.82 Å². The highest BCUT2D eigenvalue weighted by molar-refractivity contribution is 7.99. The molecular formula is C18H16ClN5O5S. The molecule has 1 amide bonds. The first-order valence-electron chi connectivity index (χ1n) is 8.42. The molecular weight excluding hydrogens is 434 g/mol. The van der Waals surface area contributed by atoms with Gasteiger partial charge in [-0.3, -0.25) is 20.0 Å². The summed E-state index contributed by atoms with van der Waals surface area (Å²) in [4.78, 5) is 27.2. The monoisotopic (exact) mass is 449 g/mol. The summed E-state index contributed by atoms with van der Waals surface area (Å²) in [6.07, 6.45) is 0. The van der Waals surface area contributed by atoms with Gasteiger partial charge in [-0.05, 0) is 30.3 Å². The van der Waals surface area contributed by atoms with Gasteiger partial charge in [-0.25, -0.2) is 4.98 Å². The van der Waals surface area contributed by atoms with E-state index in [0.717, 1.165) is 11.8 Å². The molecule has 0 atom stereocenters. The molecule has 10 nitrogen and oxygen atoms in total. The predicted octanol–water partition coefficient (Wildman–Crippen LogP) is 3.78. The maximum absolute atomic E-state index is 12.2. The van der Waals surface area contributed by atoms with Crippen molar-refractivity contribution in [2.75, 3.05) is 25.3 Å². The number of rotatable bonds is 8. The van der Waals surface area contributed by atoms with E-state index in [-0.39, 0.29) is 17.1 Å². The summed E-state index contributed by atoms with van der Waals surface area (Å²) < 4.78 is 10.3. The van der Waals surface area contributed by atoms with Crippen molar-refractivity contribution in [1.29, 1.82) is 0 Å². The number of nitrogens with zero attached hydrogens (tertiary/aromatic N) is 3. The molecule has 0 aliphatic rings. The molecule has 2 aromatic carbocycles. The lowest BCUT2D eigenvalue weighted by Crippen LogP contribution is -2.15. The lowest BCUT2D eigenvalue weighted by molar-refractivity contribution is -0.384. The number of ether oxygens (including phenoxy) is 2. The molecule has 0 fully saturated rings. The summed E-state index contributed by atoms with van der Waals surface area (Å²) in [6, 6.07) is 9.26. The minimum absolute atomic E-state index is 0.0485. The fourth-order valence-corrected chi connectivity index (χ4v) is 3.28. The molecule has 0 spiro atoms. The van der Waals surface area contributed by atoms with Crippen LogP contribution < -0.4 is 14.8 Å². The average molecular weight is 450 g/mol. The molecule has 3 aromatic rings. The molecule has 30 heavy (non-hydrogen) atoms. The zero-order valence-electron chi connectivity index (χ0n) is 15.8. The number of carbonyl (C=O) groups is 1. The Morgan fingerprint density at radius 1 is 1.27 bits per heavy atom. The number of amides is 1. The van der Waals surface area contributed by atoms with Gasteiger partial charge in [0.2, 0.25) is 11.1 Å².